The number of anilines is 2. The molecule has 2 rings (SSSR count). The summed E-state index contributed by atoms with van der Waals surface area (Å²) in [7, 11) is 1.56. The molecule has 0 heterocycles. The molecule has 0 saturated heterocycles. The molecule has 0 saturated carbocycles. The third kappa shape index (κ3) is 6.32. The lowest BCUT2D eigenvalue weighted by Gasteiger charge is -2.12. The molecular formula is C21H26N2O3S. The summed E-state index contributed by atoms with van der Waals surface area (Å²) in [5.74, 6) is 1.32. The van der Waals surface area contributed by atoms with E-state index in [1.807, 2.05) is 19.1 Å². The fourth-order valence-electron chi connectivity index (χ4n) is 2.37. The van der Waals surface area contributed by atoms with Crippen LogP contribution in [0.15, 0.2) is 48.5 Å². The maximum atomic E-state index is 12.4. The van der Waals surface area contributed by atoms with Gasteiger partial charge in [0.15, 0.2) is 0 Å². The number of hydrogen-bond donors (Lipinski definition) is 2. The zero-order valence-corrected chi connectivity index (χ0v) is 16.8. The summed E-state index contributed by atoms with van der Waals surface area (Å²) in [4.78, 5) is 24.6. The maximum absolute atomic E-state index is 12.4. The van der Waals surface area contributed by atoms with E-state index in [1.165, 1.54) is 0 Å². The molecule has 2 amide bonds. The number of hydrogen-bond acceptors (Lipinski definition) is 4. The average molecular weight is 387 g/mol. The van der Waals surface area contributed by atoms with Crippen LogP contribution >= 0.6 is 11.8 Å². The van der Waals surface area contributed by atoms with Gasteiger partial charge < -0.3 is 15.4 Å². The second-order valence-corrected chi connectivity index (χ2v) is 7.54. The smallest absolute Gasteiger partial charge is 0.255 e. The van der Waals surface area contributed by atoms with Crippen LogP contribution in [-0.2, 0) is 4.79 Å². The first-order valence-corrected chi connectivity index (χ1v) is 10.1. The normalized spacial score (nSPS) is 11.5. The lowest BCUT2D eigenvalue weighted by atomic mass is 10.2. The van der Waals surface area contributed by atoms with Crippen molar-refractivity contribution in [2.75, 3.05) is 23.5 Å². The Labute approximate surface area is 164 Å². The second kappa shape index (κ2) is 10.6. The first-order valence-electron chi connectivity index (χ1n) is 9.02. The number of methoxy groups -OCH3 is 1. The Balaban J connectivity index is 1.94. The van der Waals surface area contributed by atoms with Crippen molar-refractivity contribution in [1.29, 1.82) is 0 Å². The summed E-state index contributed by atoms with van der Waals surface area (Å²) >= 11 is 1.65. The molecule has 0 spiro atoms. The summed E-state index contributed by atoms with van der Waals surface area (Å²) in [6.45, 7) is 4.04. The minimum atomic E-state index is -0.235. The van der Waals surface area contributed by atoms with Crippen LogP contribution in [-0.4, -0.2) is 29.9 Å². The van der Waals surface area contributed by atoms with Gasteiger partial charge in [-0.3, -0.25) is 9.59 Å². The number of unbranched alkanes of at least 4 members (excludes halogenated alkanes) is 1. The number of carbonyl (C=O) groups excluding carboxylic acids is 2. The lowest BCUT2D eigenvalue weighted by molar-refractivity contribution is -0.115. The summed E-state index contributed by atoms with van der Waals surface area (Å²) in [5.41, 5.74) is 1.79. The molecule has 6 heteroatoms. The number of thioether (sulfide) groups is 1. The molecule has 1 unspecified atom stereocenters. The predicted octanol–water partition coefficient (Wildman–Crippen LogP) is 4.81. The highest BCUT2D eigenvalue weighted by Gasteiger charge is 2.14. The fourth-order valence-corrected chi connectivity index (χ4v) is 3.39. The molecule has 0 radical (unpaired) electrons. The van der Waals surface area contributed by atoms with Crippen molar-refractivity contribution in [1.82, 2.24) is 0 Å². The van der Waals surface area contributed by atoms with E-state index in [4.69, 9.17) is 4.74 Å². The van der Waals surface area contributed by atoms with Gasteiger partial charge in [0.05, 0.1) is 18.0 Å². The van der Waals surface area contributed by atoms with Gasteiger partial charge in [0, 0.05) is 11.3 Å². The standard InChI is InChI=1S/C21H26N2O3S/c1-4-5-14-27-15(2)20(24)22-17-12-10-16(11-13-17)21(25)23-18-8-6-7-9-19(18)26-3/h6-13,15H,4-5,14H2,1-3H3,(H,22,24)(H,23,25). The van der Waals surface area contributed by atoms with Crippen LogP contribution in [0.3, 0.4) is 0 Å². The molecule has 5 nitrogen and oxygen atoms in total. The first-order chi connectivity index (χ1) is 13.0. The number of nitrogens with one attached hydrogen (secondary N) is 2. The minimum absolute atomic E-state index is 0.0256. The molecule has 0 aromatic heterocycles. The molecule has 27 heavy (non-hydrogen) atoms. The van der Waals surface area contributed by atoms with Crippen molar-refractivity contribution in [2.45, 2.75) is 31.9 Å². The molecule has 2 aromatic rings. The van der Waals surface area contributed by atoms with Crippen LogP contribution in [0.4, 0.5) is 11.4 Å². The molecule has 0 aliphatic carbocycles. The van der Waals surface area contributed by atoms with Crippen LogP contribution in [0, 0.1) is 0 Å². The Hall–Kier alpha value is -2.47. The third-order valence-corrected chi connectivity index (χ3v) is 5.24. The third-order valence-electron chi connectivity index (χ3n) is 4.00. The van der Waals surface area contributed by atoms with Crippen LogP contribution in [0.1, 0.15) is 37.0 Å². The maximum Gasteiger partial charge on any atom is 0.255 e. The Morgan fingerprint density at radius 3 is 2.44 bits per heavy atom. The lowest BCUT2D eigenvalue weighted by Crippen LogP contribution is -2.22. The first kappa shape index (κ1) is 20.8. The van der Waals surface area contributed by atoms with E-state index in [9.17, 15) is 9.59 Å². The number of para-hydroxylation sites is 2. The molecule has 2 aromatic carbocycles. The van der Waals surface area contributed by atoms with Crippen molar-refractivity contribution < 1.29 is 14.3 Å². The van der Waals surface area contributed by atoms with E-state index in [-0.39, 0.29) is 17.1 Å². The topological polar surface area (TPSA) is 67.4 Å². The quantitative estimate of drug-likeness (QED) is 0.607. The average Bonchev–Trinajstić information content (AvgIpc) is 2.69. The molecule has 2 N–H and O–H groups in total. The molecule has 0 aliphatic rings. The van der Waals surface area contributed by atoms with Crippen molar-refractivity contribution in [3.05, 3.63) is 54.1 Å². The Morgan fingerprint density at radius 2 is 1.78 bits per heavy atom. The number of amides is 2. The van der Waals surface area contributed by atoms with Gasteiger partial charge in [0.1, 0.15) is 5.75 Å². The van der Waals surface area contributed by atoms with Gasteiger partial charge in [-0.25, -0.2) is 0 Å². The number of ether oxygens (including phenoxy) is 1. The van der Waals surface area contributed by atoms with E-state index in [0.717, 1.165) is 18.6 Å². The summed E-state index contributed by atoms with van der Waals surface area (Å²) in [6.07, 6.45) is 2.23. The van der Waals surface area contributed by atoms with E-state index in [0.29, 0.717) is 22.7 Å². The van der Waals surface area contributed by atoms with E-state index in [1.54, 1.807) is 55.3 Å². The van der Waals surface area contributed by atoms with Gasteiger partial charge in [-0.1, -0.05) is 25.5 Å². The molecule has 144 valence electrons. The predicted molar refractivity (Wildman–Crippen MR) is 113 cm³/mol. The highest BCUT2D eigenvalue weighted by atomic mass is 32.2. The zero-order valence-electron chi connectivity index (χ0n) is 16.0. The van der Waals surface area contributed by atoms with Gasteiger partial charge in [-0.15, -0.1) is 11.8 Å². The highest BCUT2D eigenvalue weighted by Crippen LogP contribution is 2.24. The second-order valence-electron chi connectivity index (χ2n) is 6.09. The molecule has 0 fully saturated rings. The van der Waals surface area contributed by atoms with Gasteiger partial charge in [0.25, 0.3) is 5.91 Å². The van der Waals surface area contributed by atoms with Gasteiger partial charge in [0.2, 0.25) is 5.91 Å². The summed E-state index contributed by atoms with van der Waals surface area (Å²) in [6, 6.07) is 14.1. The van der Waals surface area contributed by atoms with Crippen LogP contribution in [0.5, 0.6) is 5.75 Å². The van der Waals surface area contributed by atoms with Crippen LogP contribution < -0.4 is 15.4 Å². The molecule has 1 atom stereocenters. The van der Waals surface area contributed by atoms with E-state index in [2.05, 4.69) is 17.6 Å². The van der Waals surface area contributed by atoms with Crippen LogP contribution in [0.2, 0.25) is 0 Å². The van der Waals surface area contributed by atoms with Crippen LogP contribution in [0.25, 0.3) is 0 Å². The summed E-state index contributed by atoms with van der Waals surface area (Å²) in [5, 5.41) is 5.62. The Morgan fingerprint density at radius 1 is 1.07 bits per heavy atom. The Bertz CT molecular complexity index is 762. The molecular weight excluding hydrogens is 360 g/mol. The van der Waals surface area contributed by atoms with Crippen molar-refractivity contribution >= 4 is 35.0 Å². The van der Waals surface area contributed by atoms with Crippen molar-refractivity contribution in [3.63, 3.8) is 0 Å². The van der Waals surface area contributed by atoms with Gasteiger partial charge in [-0.2, -0.15) is 0 Å². The molecule has 0 bridgehead atoms. The van der Waals surface area contributed by atoms with Crippen molar-refractivity contribution in [2.24, 2.45) is 0 Å². The zero-order chi connectivity index (χ0) is 19.6. The van der Waals surface area contributed by atoms with Gasteiger partial charge in [-0.05, 0) is 55.5 Å². The summed E-state index contributed by atoms with van der Waals surface area (Å²) < 4.78 is 5.24. The minimum Gasteiger partial charge on any atom is -0.495 e. The van der Waals surface area contributed by atoms with E-state index >= 15 is 0 Å². The van der Waals surface area contributed by atoms with Gasteiger partial charge >= 0.3 is 0 Å². The largest absolute Gasteiger partial charge is 0.495 e. The molecule has 0 aliphatic heterocycles. The number of carbonyl (C=O) groups is 2. The van der Waals surface area contributed by atoms with E-state index < -0.39 is 0 Å². The monoisotopic (exact) mass is 386 g/mol. The highest BCUT2D eigenvalue weighted by molar-refractivity contribution is 8.00. The Kier molecular flexibility index (Phi) is 8.20. The fraction of sp³-hybridized carbons (Fsp3) is 0.333. The number of benzene rings is 2. The van der Waals surface area contributed by atoms with Crippen molar-refractivity contribution in [3.8, 4) is 5.75 Å². The number of rotatable bonds is 9. The SMILES string of the molecule is CCCCSC(C)C(=O)Nc1ccc(C(=O)Nc2ccccc2OC)cc1.